The van der Waals surface area contributed by atoms with Crippen LogP contribution in [-0.4, -0.2) is 26.7 Å². The molecule has 6 heteroatoms. The van der Waals surface area contributed by atoms with Crippen LogP contribution in [0.25, 0.3) is 0 Å². The number of methoxy groups -OCH3 is 2. The van der Waals surface area contributed by atoms with E-state index >= 15 is 0 Å². The second-order valence-electron chi connectivity index (χ2n) is 1.37. The molecule has 0 radical (unpaired) electrons. The first kappa shape index (κ1) is 10.4. The molecular formula is C5H7O5P. The monoisotopic (exact) mass is 178 g/mol. The van der Waals surface area contributed by atoms with Gasteiger partial charge in [0.15, 0.2) is 0 Å². The van der Waals surface area contributed by atoms with Gasteiger partial charge in [0.05, 0.1) is 0 Å². The van der Waals surface area contributed by atoms with Crippen molar-refractivity contribution in [2.24, 2.45) is 0 Å². The Kier molecular flexibility index (Phi) is 5.80. The van der Waals surface area contributed by atoms with E-state index in [2.05, 4.69) is 14.2 Å². The second-order valence-corrected chi connectivity index (χ2v) is 1.77. The number of carbonyl (C=O) groups is 1. The number of ether oxygens (including phenoxy) is 3. The summed E-state index contributed by atoms with van der Waals surface area (Å²) in [7, 11) is 2.07. The molecule has 0 aromatic carbocycles. The fraction of sp³-hybridized carbons (Fsp3) is 0.600. The van der Waals surface area contributed by atoms with E-state index in [0.29, 0.717) is 0 Å². The average Bonchev–Trinajstić information content (AvgIpc) is 2.01. The van der Waals surface area contributed by atoms with Gasteiger partial charge in [0, 0.05) is 0 Å². The predicted octanol–water partition coefficient (Wildman–Crippen LogP) is 0.357. The Balaban J connectivity index is 3.87. The van der Waals surface area contributed by atoms with Crippen LogP contribution in [-0.2, 0) is 23.6 Å². The number of hydrogen-bond donors (Lipinski definition) is 0. The molecule has 0 aliphatic rings. The summed E-state index contributed by atoms with van der Waals surface area (Å²) in [6.45, 7) is -1.07. The molecule has 0 unspecified atom stereocenters. The van der Waals surface area contributed by atoms with Gasteiger partial charge in [0.1, 0.15) is 0 Å². The van der Waals surface area contributed by atoms with Crippen molar-refractivity contribution in [2.75, 3.05) is 14.2 Å². The van der Waals surface area contributed by atoms with Gasteiger partial charge in [-0.15, -0.1) is 0 Å². The van der Waals surface area contributed by atoms with Crippen molar-refractivity contribution in [3.8, 4) is 5.63 Å². The van der Waals surface area contributed by atoms with E-state index in [1.165, 1.54) is 14.2 Å². The van der Waals surface area contributed by atoms with Gasteiger partial charge in [-0.1, -0.05) is 0 Å². The zero-order valence-electron chi connectivity index (χ0n) is 6.07. The van der Waals surface area contributed by atoms with E-state index in [9.17, 15) is 9.36 Å². The maximum atomic E-state index is 10.5. The van der Waals surface area contributed by atoms with E-state index in [4.69, 9.17) is 0 Å². The third kappa shape index (κ3) is 4.76. The Bertz CT molecular complexity index is 214. The van der Waals surface area contributed by atoms with E-state index in [-0.39, 0.29) is 0 Å². The van der Waals surface area contributed by atoms with Gasteiger partial charge in [0.2, 0.25) is 0 Å². The molecule has 0 heterocycles. The van der Waals surface area contributed by atoms with Crippen molar-refractivity contribution in [1.29, 1.82) is 0 Å². The van der Waals surface area contributed by atoms with Gasteiger partial charge in [-0.25, -0.2) is 0 Å². The Hall–Kier alpha value is -0.600. The SMILES string of the molecule is COC(OC)OC(=O)C#P=O. The summed E-state index contributed by atoms with van der Waals surface area (Å²) >= 11 is 0. The van der Waals surface area contributed by atoms with Gasteiger partial charge >= 0.3 is 63.8 Å². The first-order chi connectivity index (χ1) is 5.24. The molecule has 0 amide bonds. The van der Waals surface area contributed by atoms with E-state index in [0.717, 1.165) is 0 Å². The zero-order chi connectivity index (χ0) is 8.69. The Morgan fingerprint density at radius 2 is 2.00 bits per heavy atom. The van der Waals surface area contributed by atoms with E-state index < -0.39 is 20.4 Å². The molecule has 0 fully saturated rings. The van der Waals surface area contributed by atoms with Crippen molar-refractivity contribution >= 4 is 13.9 Å². The first-order valence-electron chi connectivity index (χ1n) is 2.59. The van der Waals surface area contributed by atoms with E-state index in [1.807, 2.05) is 5.63 Å². The van der Waals surface area contributed by atoms with Gasteiger partial charge < -0.3 is 0 Å². The molecule has 0 saturated carbocycles. The normalized spacial score (nSPS) is 9.00. The third-order valence-corrected chi connectivity index (χ3v) is 0.999. The quantitative estimate of drug-likeness (QED) is 0.354. The van der Waals surface area contributed by atoms with Crippen LogP contribution in [0.4, 0.5) is 0 Å². The van der Waals surface area contributed by atoms with Gasteiger partial charge in [-0.3, -0.25) is 0 Å². The molecular weight excluding hydrogens is 171 g/mol. The fourth-order valence-corrected chi connectivity index (χ4v) is 0.471. The van der Waals surface area contributed by atoms with Gasteiger partial charge in [-0.2, -0.15) is 0 Å². The first-order valence-corrected chi connectivity index (χ1v) is 3.40. The standard InChI is InChI=1S/C5H7O5P/c1-8-5(9-2)10-4(6)3-11-7/h5H,1-2H3. The predicted molar refractivity (Wildman–Crippen MR) is 35.4 cm³/mol. The van der Waals surface area contributed by atoms with Crippen LogP contribution in [0.2, 0.25) is 0 Å². The summed E-state index contributed by atoms with van der Waals surface area (Å²) in [6.07, 6.45) is 0. The van der Waals surface area contributed by atoms with Crippen molar-refractivity contribution in [1.82, 2.24) is 0 Å². The molecule has 5 nitrogen and oxygen atoms in total. The number of carbonyl (C=O) groups excluding carboxylic acids is 1. The molecule has 0 aliphatic carbocycles. The molecule has 62 valence electrons. The Labute approximate surface area is 64.7 Å². The van der Waals surface area contributed by atoms with Crippen molar-refractivity contribution in [2.45, 2.75) is 6.48 Å². The van der Waals surface area contributed by atoms with Crippen LogP contribution in [0.5, 0.6) is 0 Å². The van der Waals surface area contributed by atoms with Crippen molar-refractivity contribution in [3.63, 3.8) is 0 Å². The van der Waals surface area contributed by atoms with Gasteiger partial charge in [0.25, 0.3) is 0 Å². The molecule has 0 atom stereocenters. The summed E-state index contributed by atoms with van der Waals surface area (Å²) in [5, 5.41) is 0. The van der Waals surface area contributed by atoms with Crippen LogP contribution in [0.1, 0.15) is 0 Å². The minimum atomic E-state index is -1.07. The minimum absolute atomic E-state index is 0.529. The summed E-state index contributed by atoms with van der Waals surface area (Å²) in [5.74, 6) is -0.879. The van der Waals surface area contributed by atoms with E-state index in [1.54, 1.807) is 0 Å². The van der Waals surface area contributed by atoms with Crippen LogP contribution in [0, 0.1) is 5.63 Å². The number of rotatable bonds is 3. The molecule has 0 N–H and O–H groups in total. The maximum absolute atomic E-state index is 10.5. The van der Waals surface area contributed by atoms with Crippen LogP contribution in [0.3, 0.4) is 0 Å². The van der Waals surface area contributed by atoms with Gasteiger partial charge in [-0.05, 0) is 0 Å². The number of hydrogen-bond acceptors (Lipinski definition) is 5. The molecule has 0 bridgehead atoms. The molecule has 11 heavy (non-hydrogen) atoms. The summed E-state index contributed by atoms with van der Waals surface area (Å²) in [5.41, 5.74) is 1.84. The van der Waals surface area contributed by atoms with Crippen LogP contribution >= 0.6 is 7.92 Å². The molecule has 0 aromatic heterocycles. The zero-order valence-corrected chi connectivity index (χ0v) is 6.96. The topological polar surface area (TPSA) is 61.8 Å². The second kappa shape index (κ2) is 6.13. The summed E-state index contributed by atoms with van der Waals surface area (Å²) < 4.78 is 23.2. The van der Waals surface area contributed by atoms with Crippen LogP contribution in [0.15, 0.2) is 0 Å². The summed E-state index contributed by atoms with van der Waals surface area (Å²) in [6, 6.07) is 0. The molecule has 0 aliphatic heterocycles. The molecule has 0 rings (SSSR count). The third-order valence-electron chi connectivity index (χ3n) is 0.725. The Morgan fingerprint density at radius 1 is 1.45 bits per heavy atom. The fourth-order valence-electron chi connectivity index (χ4n) is 0.343. The summed E-state index contributed by atoms with van der Waals surface area (Å²) in [4.78, 5) is 10.5. The number of esters is 1. The molecule has 0 spiro atoms. The van der Waals surface area contributed by atoms with Crippen molar-refractivity contribution in [3.05, 3.63) is 0 Å². The van der Waals surface area contributed by atoms with Crippen LogP contribution < -0.4 is 0 Å². The molecule has 0 saturated heterocycles. The van der Waals surface area contributed by atoms with Crippen molar-refractivity contribution < 1.29 is 23.6 Å². The Morgan fingerprint density at radius 3 is 2.36 bits per heavy atom. The molecule has 0 aromatic rings. The average molecular weight is 178 g/mol.